The molecule has 2 aliphatic heterocycles. The van der Waals surface area contributed by atoms with E-state index in [0.29, 0.717) is 11.3 Å². The zero-order valence-corrected chi connectivity index (χ0v) is 14.6. The molecular formula is C17H10BrN3O5. The van der Waals surface area contributed by atoms with Gasteiger partial charge in [-0.25, -0.2) is 4.90 Å². The summed E-state index contributed by atoms with van der Waals surface area (Å²) in [6.45, 7) is 0. The number of rotatable bonds is 3. The Balaban J connectivity index is 1.70. The Hall–Kier alpha value is -3.07. The number of carbonyl (C=O) groups excluding carboxylic acids is 2. The fourth-order valence-electron chi connectivity index (χ4n) is 3.04. The van der Waals surface area contributed by atoms with Crippen LogP contribution < -0.4 is 4.90 Å². The molecule has 2 aromatic rings. The second kappa shape index (κ2) is 6.03. The van der Waals surface area contributed by atoms with E-state index in [1.54, 1.807) is 30.3 Å². The van der Waals surface area contributed by atoms with Gasteiger partial charge in [-0.2, -0.15) is 0 Å². The number of anilines is 1. The van der Waals surface area contributed by atoms with Crippen LogP contribution in [0.2, 0.25) is 0 Å². The van der Waals surface area contributed by atoms with Gasteiger partial charge in [0, 0.05) is 22.2 Å². The molecule has 2 atom stereocenters. The lowest BCUT2D eigenvalue weighted by molar-refractivity contribution is -0.384. The lowest BCUT2D eigenvalue weighted by Crippen LogP contribution is -2.33. The van der Waals surface area contributed by atoms with Crippen molar-refractivity contribution in [1.82, 2.24) is 0 Å². The predicted molar refractivity (Wildman–Crippen MR) is 94.6 cm³/mol. The van der Waals surface area contributed by atoms with E-state index < -0.39 is 28.8 Å². The number of nitro benzene ring substituents is 1. The van der Waals surface area contributed by atoms with Gasteiger partial charge in [0.15, 0.2) is 0 Å². The molecule has 1 saturated heterocycles. The number of fused-ring (bicyclic) bond motifs is 1. The second-order valence-electron chi connectivity index (χ2n) is 5.78. The number of amides is 2. The van der Waals surface area contributed by atoms with Crippen LogP contribution in [-0.4, -0.2) is 28.6 Å². The highest BCUT2D eigenvalue weighted by molar-refractivity contribution is 9.10. The van der Waals surface area contributed by atoms with Gasteiger partial charge >= 0.3 is 0 Å². The first-order valence-corrected chi connectivity index (χ1v) is 8.38. The lowest BCUT2D eigenvalue weighted by atomic mass is 9.94. The number of benzene rings is 2. The maximum atomic E-state index is 12.9. The van der Waals surface area contributed by atoms with Gasteiger partial charge in [0.05, 0.1) is 10.6 Å². The average Bonchev–Trinajstić information content (AvgIpc) is 3.17. The summed E-state index contributed by atoms with van der Waals surface area (Å²) in [5, 5.41) is 14.8. The highest BCUT2D eigenvalue weighted by Crippen LogP contribution is 2.35. The summed E-state index contributed by atoms with van der Waals surface area (Å²) in [4.78, 5) is 42.2. The fraction of sp³-hybridized carbons (Fsp3) is 0.118. The number of halogens is 1. The first kappa shape index (κ1) is 16.4. The molecule has 0 radical (unpaired) electrons. The first-order chi connectivity index (χ1) is 12.5. The topological polar surface area (TPSA) is 102 Å². The Morgan fingerprint density at radius 3 is 2.54 bits per heavy atom. The van der Waals surface area contributed by atoms with E-state index in [9.17, 15) is 19.7 Å². The number of imide groups is 1. The molecule has 8 nitrogen and oxygen atoms in total. The number of oxime groups is 1. The smallest absolute Gasteiger partial charge is 0.278 e. The largest absolute Gasteiger partial charge is 0.381 e. The molecule has 2 aliphatic rings. The Bertz CT molecular complexity index is 973. The molecule has 26 heavy (non-hydrogen) atoms. The van der Waals surface area contributed by atoms with Crippen LogP contribution in [0.3, 0.4) is 0 Å². The standard InChI is InChI=1S/C17H10BrN3O5/c18-10-4-6-11(7-5-10)20-16(22)13-14(19-26-15(13)17(20)23)9-2-1-3-12(8-9)21(24)25/h1-8,13,15H/t13-,15-/m0/s1. The van der Waals surface area contributed by atoms with Crippen LogP contribution in [0.25, 0.3) is 0 Å². The number of nitrogens with zero attached hydrogens (tertiary/aromatic N) is 3. The van der Waals surface area contributed by atoms with Crippen molar-refractivity contribution >= 4 is 44.8 Å². The molecular weight excluding hydrogens is 406 g/mol. The van der Waals surface area contributed by atoms with Crippen LogP contribution in [-0.2, 0) is 14.4 Å². The minimum atomic E-state index is -1.06. The van der Waals surface area contributed by atoms with Crippen molar-refractivity contribution in [2.75, 3.05) is 4.90 Å². The van der Waals surface area contributed by atoms with E-state index >= 15 is 0 Å². The van der Waals surface area contributed by atoms with Gasteiger partial charge in [-0.05, 0) is 24.3 Å². The molecule has 0 aliphatic carbocycles. The van der Waals surface area contributed by atoms with E-state index in [0.717, 1.165) is 9.37 Å². The molecule has 2 aromatic carbocycles. The van der Waals surface area contributed by atoms with Crippen LogP contribution in [0.4, 0.5) is 11.4 Å². The van der Waals surface area contributed by atoms with Crippen molar-refractivity contribution in [3.8, 4) is 0 Å². The van der Waals surface area contributed by atoms with Gasteiger partial charge in [-0.3, -0.25) is 19.7 Å². The third-order valence-electron chi connectivity index (χ3n) is 4.25. The molecule has 130 valence electrons. The molecule has 1 fully saturated rings. The SMILES string of the molecule is O=C1[C@H]2C(c3cccc([N+](=O)[O-])c3)=NO[C@@H]2C(=O)N1c1ccc(Br)cc1. The number of hydrogen-bond donors (Lipinski definition) is 0. The molecule has 0 N–H and O–H groups in total. The number of hydrogen-bond acceptors (Lipinski definition) is 6. The molecule has 9 heteroatoms. The molecule has 2 heterocycles. The predicted octanol–water partition coefficient (Wildman–Crippen LogP) is 2.65. The molecule has 0 bridgehead atoms. The summed E-state index contributed by atoms with van der Waals surface area (Å²) >= 11 is 3.30. The van der Waals surface area contributed by atoms with Crippen LogP contribution in [0.1, 0.15) is 5.56 Å². The Morgan fingerprint density at radius 1 is 1.12 bits per heavy atom. The summed E-state index contributed by atoms with van der Waals surface area (Å²) in [5.74, 6) is -1.90. The number of nitro groups is 1. The van der Waals surface area contributed by atoms with E-state index in [2.05, 4.69) is 21.1 Å². The van der Waals surface area contributed by atoms with Crippen molar-refractivity contribution < 1.29 is 19.3 Å². The van der Waals surface area contributed by atoms with Crippen molar-refractivity contribution in [3.05, 3.63) is 68.7 Å². The maximum absolute atomic E-state index is 12.9. The summed E-state index contributed by atoms with van der Waals surface area (Å²) in [6.07, 6.45) is -1.06. The van der Waals surface area contributed by atoms with Crippen molar-refractivity contribution in [2.45, 2.75) is 6.10 Å². The van der Waals surface area contributed by atoms with Crippen LogP contribution in [0, 0.1) is 16.0 Å². The molecule has 0 saturated carbocycles. The van der Waals surface area contributed by atoms with Crippen molar-refractivity contribution in [2.24, 2.45) is 11.1 Å². The number of carbonyl (C=O) groups is 2. The Kier molecular flexibility index (Phi) is 3.80. The van der Waals surface area contributed by atoms with Gasteiger partial charge in [0.1, 0.15) is 11.6 Å². The minimum absolute atomic E-state index is 0.129. The van der Waals surface area contributed by atoms with E-state index in [1.807, 2.05) is 0 Å². The first-order valence-electron chi connectivity index (χ1n) is 7.59. The van der Waals surface area contributed by atoms with Crippen molar-refractivity contribution in [3.63, 3.8) is 0 Å². The Labute approximate surface area is 155 Å². The summed E-state index contributed by atoms with van der Waals surface area (Å²) in [6, 6.07) is 12.5. The zero-order valence-electron chi connectivity index (χ0n) is 13.0. The highest BCUT2D eigenvalue weighted by Gasteiger charge is 2.56. The quantitative estimate of drug-likeness (QED) is 0.435. The Morgan fingerprint density at radius 2 is 1.85 bits per heavy atom. The molecule has 0 unspecified atom stereocenters. The van der Waals surface area contributed by atoms with Gasteiger partial charge in [-0.1, -0.05) is 33.2 Å². The fourth-order valence-corrected chi connectivity index (χ4v) is 3.30. The molecule has 4 rings (SSSR count). The van der Waals surface area contributed by atoms with E-state index in [-0.39, 0.29) is 11.4 Å². The number of non-ortho nitro benzene ring substituents is 1. The van der Waals surface area contributed by atoms with E-state index in [1.165, 1.54) is 18.2 Å². The van der Waals surface area contributed by atoms with Gasteiger partial charge < -0.3 is 4.84 Å². The van der Waals surface area contributed by atoms with Gasteiger partial charge in [-0.15, -0.1) is 0 Å². The molecule has 0 spiro atoms. The van der Waals surface area contributed by atoms with Crippen LogP contribution in [0.15, 0.2) is 58.2 Å². The highest BCUT2D eigenvalue weighted by atomic mass is 79.9. The summed E-state index contributed by atoms with van der Waals surface area (Å²) < 4.78 is 0.815. The summed E-state index contributed by atoms with van der Waals surface area (Å²) in [7, 11) is 0. The van der Waals surface area contributed by atoms with Crippen molar-refractivity contribution in [1.29, 1.82) is 0 Å². The second-order valence-corrected chi connectivity index (χ2v) is 6.69. The van der Waals surface area contributed by atoms with Gasteiger partial charge in [0.2, 0.25) is 12.0 Å². The summed E-state index contributed by atoms with van der Waals surface area (Å²) in [5.41, 5.74) is 0.900. The lowest BCUT2D eigenvalue weighted by Gasteiger charge is -2.15. The van der Waals surface area contributed by atoms with Gasteiger partial charge in [0.25, 0.3) is 11.6 Å². The maximum Gasteiger partial charge on any atom is 0.278 e. The monoisotopic (exact) mass is 415 g/mol. The minimum Gasteiger partial charge on any atom is -0.381 e. The van der Waals surface area contributed by atoms with Crippen LogP contribution in [0.5, 0.6) is 0 Å². The normalized spacial score (nSPS) is 21.4. The molecule has 0 aromatic heterocycles. The van der Waals surface area contributed by atoms with Crippen LogP contribution >= 0.6 is 15.9 Å². The average molecular weight is 416 g/mol. The third kappa shape index (κ3) is 2.48. The van der Waals surface area contributed by atoms with E-state index in [4.69, 9.17) is 4.84 Å². The molecule has 2 amide bonds. The zero-order chi connectivity index (χ0) is 18.4. The third-order valence-corrected chi connectivity index (χ3v) is 4.78.